The molecule has 3 aromatic rings. The number of H-pyrrole nitrogens is 1. The number of carboxylic acids is 2. The van der Waals surface area contributed by atoms with Crippen molar-refractivity contribution >= 4 is 34.6 Å². The Bertz CT molecular complexity index is 1050. The predicted octanol–water partition coefficient (Wildman–Crippen LogP) is 3.88. The number of aromatic nitrogens is 2. The smallest absolute Gasteiger partial charge is 0.414 e. The van der Waals surface area contributed by atoms with Gasteiger partial charge in [-0.05, 0) is 56.1 Å². The van der Waals surface area contributed by atoms with Crippen LogP contribution in [0.3, 0.4) is 0 Å². The topological polar surface area (TPSA) is 116 Å². The van der Waals surface area contributed by atoms with Crippen molar-refractivity contribution in [2.75, 3.05) is 20.1 Å². The Labute approximate surface area is 190 Å². The second-order valence-electron chi connectivity index (χ2n) is 7.78. The highest BCUT2D eigenvalue weighted by atomic mass is 35.5. The van der Waals surface area contributed by atoms with E-state index in [2.05, 4.69) is 23.0 Å². The number of rotatable bonds is 4. The standard InChI is InChI=1S/C21H24ClN3O.C2H2O4/c1-14-7-8-15(13-17(14)22)20(26-16-9-11-25(2)12-10-16)21-23-18-5-3-4-6-19(18)24-21;3-1(4)2(5)6/h3-8,13,16,20H,9-12H2,1-2H3,(H,23,24);(H,3,4)(H,5,6). The van der Waals surface area contributed by atoms with E-state index in [1.807, 2.05) is 43.3 Å². The number of fused-ring (bicyclic) bond motifs is 1. The van der Waals surface area contributed by atoms with Crippen molar-refractivity contribution in [1.82, 2.24) is 14.9 Å². The van der Waals surface area contributed by atoms with Crippen molar-refractivity contribution in [3.63, 3.8) is 0 Å². The number of nitrogens with one attached hydrogen (secondary N) is 1. The number of carboxylic acid groups (broad SMARTS) is 2. The molecule has 1 saturated heterocycles. The predicted molar refractivity (Wildman–Crippen MR) is 121 cm³/mol. The third-order valence-electron chi connectivity index (χ3n) is 5.33. The molecule has 1 aliphatic heterocycles. The van der Waals surface area contributed by atoms with Gasteiger partial charge in [-0.15, -0.1) is 0 Å². The molecule has 0 aliphatic carbocycles. The minimum atomic E-state index is -1.82. The first-order valence-electron chi connectivity index (χ1n) is 10.3. The van der Waals surface area contributed by atoms with Gasteiger partial charge in [0.1, 0.15) is 11.9 Å². The summed E-state index contributed by atoms with van der Waals surface area (Å²) in [6, 6.07) is 14.2. The minimum Gasteiger partial charge on any atom is -0.473 e. The second-order valence-corrected chi connectivity index (χ2v) is 8.18. The number of nitrogens with zero attached hydrogens (tertiary/aromatic N) is 2. The summed E-state index contributed by atoms with van der Waals surface area (Å²) in [4.78, 5) is 28.8. The highest BCUT2D eigenvalue weighted by Crippen LogP contribution is 2.32. The van der Waals surface area contributed by atoms with Gasteiger partial charge in [-0.1, -0.05) is 35.9 Å². The molecule has 1 aromatic heterocycles. The molecule has 4 rings (SSSR count). The lowest BCUT2D eigenvalue weighted by molar-refractivity contribution is -0.159. The number of hydrogen-bond donors (Lipinski definition) is 3. The summed E-state index contributed by atoms with van der Waals surface area (Å²) in [6.45, 7) is 4.14. The van der Waals surface area contributed by atoms with Crippen LogP contribution in [0.4, 0.5) is 0 Å². The number of likely N-dealkylation sites (tertiary alicyclic amines) is 1. The van der Waals surface area contributed by atoms with E-state index < -0.39 is 11.9 Å². The van der Waals surface area contributed by atoms with Gasteiger partial charge in [0.2, 0.25) is 0 Å². The van der Waals surface area contributed by atoms with E-state index in [1.165, 1.54) is 0 Å². The van der Waals surface area contributed by atoms with E-state index in [1.54, 1.807) is 0 Å². The van der Waals surface area contributed by atoms with Gasteiger partial charge in [-0.3, -0.25) is 0 Å². The van der Waals surface area contributed by atoms with E-state index in [9.17, 15) is 0 Å². The largest absolute Gasteiger partial charge is 0.473 e. The zero-order valence-corrected chi connectivity index (χ0v) is 18.7. The number of hydrogen-bond acceptors (Lipinski definition) is 5. The molecule has 1 fully saturated rings. The van der Waals surface area contributed by atoms with Crippen LogP contribution in [0.15, 0.2) is 42.5 Å². The Kier molecular flexibility index (Phi) is 7.84. The van der Waals surface area contributed by atoms with Gasteiger partial charge < -0.3 is 24.8 Å². The van der Waals surface area contributed by atoms with Crippen LogP contribution in [-0.4, -0.2) is 63.3 Å². The van der Waals surface area contributed by atoms with Crippen molar-refractivity contribution < 1.29 is 24.5 Å². The van der Waals surface area contributed by atoms with Crippen LogP contribution in [0.5, 0.6) is 0 Å². The maximum atomic E-state index is 9.10. The fourth-order valence-corrected chi connectivity index (χ4v) is 3.67. The normalized spacial score (nSPS) is 15.7. The number of aliphatic carboxylic acids is 2. The van der Waals surface area contributed by atoms with Crippen LogP contribution >= 0.6 is 11.6 Å². The zero-order chi connectivity index (χ0) is 23.3. The lowest BCUT2D eigenvalue weighted by Crippen LogP contribution is -2.35. The van der Waals surface area contributed by atoms with Gasteiger partial charge in [0.15, 0.2) is 0 Å². The lowest BCUT2D eigenvalue weighted by Gasteiger charge is -2.31. The number of ether oxygens (including phenoxy) is 1. The van der Waals surface area contributed by atoms with Crippen molar-refractivity contribution in [1.29, 1.82) is 0 Å². The van der Waals surface area contributed by atoms with Crippen LogP contribution in [0, 0.1) is 6.92 Å². The molecule has 0 amide bonds. The van der Waals surface area contributed by atoms with E-state index in [4.69, 9.17) is 41.1 Å². The first-order valence-corrected chi connectivity index (χ1v) is 10.6. The van der Waals surface area contributed by atoms with Crippen LogP contribution in [0.1, 0.15) is 35.9 Å². The van der Waals surface area contributed by atoms with Crippen LogP contribution < -0.4 is 0 Å². The van der Waals surface area contributed by atoms with E-state index in [-0.39, 0.29) is 12.2 Å². The molecule has 0 saturated carbocycles. The zero-order valence-electron chi connectivity index (χ0n) is 17.9. The minimum absolute atomic E-state index is 0.226. The van der Waals surface area contributed by atoms with Crippen molar-refractivity contribution in [3.05, 3.63) is 64.4 Å². The number of imidazole rings is 1. The van der Waals surface area contributed by atoms with Crippen LogP contribution in [-0.2, 0) is 14.3 Å². The summed E-state index contributed by atoms with van der Waals surface area (Å²) in [6.07, 6.45) is 2.05. The number of carbonyl (C=O) groups is 2. The molecule has 3 N–H and O–H groups in total. The third kappa shape index (κ3) is 6.06. The molecule has 0 radical (unpaired) electrons. The molecule has 2 aromatic carbocycles. The lowest BCUT2D eigenvalue weighted by atomic mass is 10.0. The molecule has 8 nitrogen and oxygen atoms in total. The number of aromatic amines is 1. The fraction of sp³-hybridized carbons (Fsp3) is 0.348. The molecule has 1 aliphatic rings. The van der Waals surface area contributed by atoms with Gasteiger partial charge in [-0.25, -0.2) is 14.6 Å². The van der Waals surface area contributed by atoms with E-state index in [0.29, 0.717) is 0 Å². The van der Waals surface area contributed by atoms with E-state index in [0.717, 1.165) is 58.9 Å². The number of benzene rings is 2. The summed E-state index contributed by atoms with van der Waals surface area (Å²) in [7, 11) is 2.16. The maximum Gasteiger partial charge on any atom is 0.414 e. The SMILES string of the molecule is Cc1ccc(C(OC2CCN(C)CC2)c2nc3ccccc3[nH]2)cc1Cl.O=C(O)C(=O)O. The van der Waals surface area contributed by atoms with Gasteiger partial charge in [0.05, 0.1) is 17.1 Å². The summed E-state index contributed by atoms with van der Waals surface area (Å²) in [5.41, 5.74) is 4.09. The number of piperidine rings is 1. The Hall–Kier alpha value is -2.94. The Morgan fingerprint density at radius 2 is 1.81 bits per heavy atom. The Morgan fingerprint density at radius 1 is 1.16 bits per heavy atom. The number of para-hydroxylation sites is 2. The molecular formula is C23H26ClN3O5. The highest BCUT2D eigenvalue weighted by molar-refractivity contribution is 6.31. The average molecular weight is 460 g/mol. The van der Waals surface area contributed by atoms with Gasteiger partial charge in [0, 0.05) is 18.1 Å². The molecule has 2 heterocycles. The Morgan fingerprint density at radius 3 is 2.41 bits per heavy atom. The third-order valence-corrected chi connectivity index (χ3v) is 5.74. The summed E-state index contributed by atoms with van der Waals surface area (Å²) >= 11 is 6.39. The molecule has 9 heteroatoms. The second kappa shape index (κ2) is 10.6. The number of halogens is 1. The molecule has 32 heavy (non-hydrogen) atoms. The molecule has 0 bridgehead atoms. The van der Waals surface area contributed by atoms with Gasteiger partial charge in [0.25, 0.3) is 0 Å². The van der Waals surface area contributed by atoms with Crippen LogP contribution in [0.25, 0.3) is 11.0 Å². The molecule has 1 unspecified atom stereocenters. The van der Waals surface area contributed by atoms with Crippen molar-refractivity contribution in [2.45, 2.75) is 32.0 Å². The first-order chi connectivity index (χ1) is 15.2. The van der Waals surface area contributed by atoms with Gasteiger partial charge in [-0.2, -0.15) is 0 Å². The van der Waals surface area contributed by atoms with Crippen molar-refractivity contribution in [3.8, 4) is 0 Å². The average Bonchev–Trinajstić information content (AvgIpc) is 3.19. The number of aryl methyl sites for hydroxylation is 1. The molecule has 0 spiro atoms. The molecule has 170 valence electrons. The quantitative estimate of drug-likeness (QED) is 0.507. The summed E-state index contributed by atoms with van der Waals surface area (Å²) < 4.78 is 6.56. The highest BCUT2D eigenvalue weighted by Gasteiger charge is 2.26. The monoisotopic (exact) mass is 459 g/mol. The first kappa shape index (κ1) is 23.7. The van der Waals surface area contributed by atoms with Crippen LogP contribution in [0.2, 0.25) is 5.02 Å². The van der Waals surface area contributed by atoms with Crippen molar-refractivity contribution in [2.24, 2.45) is 0 Å². The summed E-state index contributed by atoms with van der Waals surface area (Å²) in [5, 5.41) is 15.5. The molecular weight excluding hydrogens is 434 g/mol. The Balaban J connectivity index is 0.000000427. The maximum absolute atomic E-state index is 9.10. The molecule has 1 atom stereocenters. The van der Waals surface area contributed by atoms with Gasteiger partial charge >= 0.3 is 11.9 Å². The summed E-state index contributed by atoms with van der Waals surface area (Å²) in [5.74, 6) is -2.81. The fourth-order valence-electron chi connectivity index (χ4n) is 3.48. The van der Waals surface area contributed by atoms with E-state index >= 15 is 0 Å².